The summed E-state index contributed by atoms with van der Waals surface area (Å²) in [5.41, 5.74) is 0.241. The summed E-state index contributed by atoms with van der Waals surface area (Å²) in [7, 11) is 0. The number of piperidine rings is 1. The van der Waals surface area contributed by atoms with E-state index < -0.39 is 0 Å². The summed E-state index contributed by atoms with van der Waals surface area (Å²) in [5, 5.41) is 9.74. The highest BCUT2D eigenvalue weighted by molar-refractivity contribution is 4.97. The molecule has 3 aliphatic rings. The zero-order valence-corrected chi connectivity index (χ0v) is 10.0. The Morgan fingerprint density at radius 3 is 2.75 bits per heavy atom. The lowest BCUT2D eigenvalue weighted by atomic mass is 9.73. The molecule has 1 spiro atoms. The van der Waals surface area contributed by atoms with Crippen molar-refractivity contribution in [2.75, 3.05) is 19.7 Å². The summed E-state index contributed by atoms with van der Waals surface area (Å²) in [4.78, 5) is 2.51. The Morgan fingerprint density at radius 1 is 1.19 bits per heavy atom. The minimum atomic E-state index is -0.0889. The van der Waals surface area contributed by atoms with Crippen LogP contribution in [-0.4, -0.2) is 47.4 Å². The van der Waals surface area contributed by atoms with E-state index in [1.54, 1.807) is 0 Å². The normalized spacial score (nSPS) is 39.6. The predicted octanol–water partition coefficient (Wildman–Crippen LogP) is 1.54. The zero-order chi connectivity index (χ0) is 11.0. The molecule has 1 saturated carbocycles. The van der Waals surface area contributed by atoms with E-state index in [-0.39, 0.29) is 11.7 Å². The number of aliphatic hydroxyl groups is 1. The molecule has 1 N–H and O–H groups in total. The average Bonchev–Trinajstić information content (AvgIpc) is 2.27. The molecule has 0 aromatic rings. The van der Waals surface area contributed by atoms with Crippen LogP contribution < -0.4 is 0 Å². The molecule has 2 heterocycles. The van der Waals surface area contributed by atoms with Crippen LogP contribution >= 0.6 is 0 Å². The standard InChI is InChI=1S/C13H23NO2/c15-12-3-1-7-14(10-12)11-4-8-16-13(9-11)5-2-6-13/h11-12,15H,1-10H2/t11?,12-/m0/s1. The van der Waals surface area contributed by atoms with Crippen LogP contribution in [0.25, 0.3) is 0 Å². The molecule has 0 aromatic carbocycles. The maximum absolute atomic E-state index is 9.74. The zero-order valence-electron chi connectivity index (χ0n) is 10.0. The number of hydrogen-bond donors (Lipinski definition) is 1. The maximum Gasteiger partial charge on any atom is 0.0697 e. The fourth-order valence-corrected chi connectivity index (χ4v) is 3.55. The first-order valence-corrected chi connectivity index (χ1v) is 6.84. The number of β-amino-alcohol motifs (C(OH)–C–C–N with tert-alkyl or cyclic N) is 1. The molecular formula is C13H23NO2. The molecule has 3 rings (SSSR count). The smallest absolute Gasteiger partial charge is 0.0697 e. The van der Waals surface area contributed by atoms with Crippen molar-refractivity contribution in [3.8, 4) is 0 Å². The molecule has 16 heavy (non-hydrogen) atoms. The van der Waals surface area contributed by atoms with Crippen molar-refractivity contribution < 1.29 is 9.84 Å². The van der Waals surface area contributed by atoms with Gasteiger partial charge in [-0.15, -0.1) is 0 Å². The lowest BCUT2D eigenvalue weighted by molar-refractivity contribution is -0.152. The van der Waals surface area contributed by atoms with Gasteiger partial charge in [0.25, 0.3) is 0 Å². The van der Waals surface area contributed by atoms with Gasteiger partial charge in [-0.1, -0.05) is 0 Å². The van der Waals surface area contributed by atoms with Gasteiger partial charge in [-0.25, -0.2) is 0 Å². The van der Waals surface area contributed by atoms with Gasteiger partial charge < -0.3 is 9.84 Å². The van der Waals surface area contributed by atoms with Crippen molar-refractivity contribution in [2.45, 2.75) is 62.7 Å². The van der Waals surface area contributed by atoms with Crippen molar-refractivity contribution in [1.82, 2.24) is 4.90 Å². The molecule has 3 nitrogen and oxygen atoms in total. The van der Waals surface area contributed by atoms with E-state index in [0.29, 0.717) is 6.04 Å². The highest BCUT2D eigenvalue weighted by Crippen LogP contribution is 2.43. The Hall–Kier alpha value is -0.120. The molecule has 3 fully saturated rings. The van der Waals surface area contributed by atoms with Crippen LogP contribution in [0.5, 0.6) is 0 Å². The van der Waals surface area contributed by atoms with Gasteiger partial charge in [0.05, 0.1) is 11.7 Å². The second-order valence-electron chi connectivity index (χ2n) is 5.82. The van der Waals surface area contributed by atoms with Gasteiger partial charge in [0.1, 0.15) is 0 Å². The van der Waals surface area contributed by atoms with Crippen molar-refractivity contribution >= 4 is 0 Å². The predicted molar refractivity (Wildman–Crippen MR) is 62.4 cm³/mol. The van der Waals surface area contributed by atoms with Gasteiger partial charge in [-0.3, -0.25) is 4.90 Å². The Morgan fingerprint density at radius 2 is 2.06 bits per heavy atom. The number of ether oxygens (including phenoxy) is 1. The average molecular weight is 225 g/mol. The van der Waals surface area contributed by atoms with E-state index in [1.165, 1.54) is 32.2 Å². The molecule has 2 atom stereocenters. The van der Waals surface area contributed by atoms with Crippen molar-refractivity contribution in [3.05, 3.63) is 0 Å². The number of rotatable bonds is 1. The van der Waals surface area contributed by atoms with Crippen LogP contribution in [0.15, 0.2) is 0 Å². The Bertz CT molecular complexity index is 252. The monoisotopic (exact) mass is 225 g/mol. The number of nitrogens with zero attached hydrogens (tertiary/aromatic N) is 1. The minimum absolute atomic E-state index is 0.0889. The second-order valence-corrected chi connectivity index (χ2v) is 5.82. The number of likely N-dealkylation sites (tertiary alicyclic amines) is 1. The lowest BCUT2D eigenvalue weighted by Crippen LogP contribution is -2.54. The van der Waals surface area contributed by atoms with Gasteiger partial charge in [0, 0.05) is 19.2 Å². The van der Waals surface area contributed by atoms with Gasteiger partial charge >= 0.3 is 0 Å². The SMILES string of the molecule is O[C@H]1CCCN(C2CCOC3(CCC3)C2)C1. The van der Waals surface area contributed by atoms with Crippen molar-refractivity contribution in [3.63, 3.8) is 0 Å². The topological polar surface area (TPSA) is 32.7 Å². The molecule has 1 unspecified atom stereocenters. The third-order valence-corrected chi connectivity index (χ3v) is 4.68. The Labute approximate surface area is 97.8 Å². The lowest BCUT2D eigenvalue weighted by Gasteiger charge is -2.50. The van der Waals surface area contributed by atoms with E-state index in [0.717, 1.165) is 32.4 Å². The largest absolute Gasteiger partial charge is 0.392 e. The van der Waals surface area contributed by atoms with Crippen LogP contribution in [0.4, 0.5) is 0 Å². The minimum Gasteiger partial charge on any atom is -0.392 e. The molecular weight excluding hydrogens is 202 g/mol. The molecule has 2 saturated heterocycles. The first kappa shape index (κ1) is 11.0. The molecule has 92 valence electrons. The van der Waals surface area contributed by atoms with Gasteiger partial charge in [-0.05, 0) is 51.5 Å². The second kappa shape index (κ2) is 4.28. The van der Waals surface area contributed by atoms with Crippen LogP contribution in [-0.2, 0) is 4.74 Å². The third kappa shape index (κ3) is 2.01. The quantitative estimate of drug-likeness (QED) is 0.735. The van der Waals surface area contributed by atoms with Gasteiger partial charge in [-0.2, -0.15) is 0 Å². The third-order valence-electron chi connectivity index (χ3n) is 4.68. The maximum atomic E-state index is 9.74. The Kier molecular flexibility index (Phi) is 2.94. The molecule has 0 aromatic heterocycles. The highest BCUT2D eigenvalue weighted by Gasteiger charge is 2.44. The number of hydrogen-bond acceptors (Lipinski definition) is 3. The molecule has 0 radical (unpaired) electrons. The number of aliphatic hydroxyl groups excluding tert-OH is 1. The van der Waals surface area contributed by atoms with Crippen molar-refractivity contribution in [2.24, 2.45) is 0 Å². The highest BCUT2D eigenvalue weighted by atomic mass is 16.5. The van der Waals surface area contributed by atoms with E-state index in [9.17, 15) is 5.11 Å². The first-order valence-electron chi connectivity index (χ1n) is 6.84. The molecule has 3 heteroatoms. The summed E-state index contributed by atoms with van der Waals surface area (Å²) in [5.74, 6) is 0. The fraction of sp³-hybridized carbons (Fsp3) is 1.00. The summed E-state index contributed by atoms with van der Waals surface area (Å²) < 4.78 is 5.96. The van der Waals surface area contributed by atoms with Crippen LogP contribution in [0.3, 0.4) is 0 Å². The molecule has 0 bridgehead atoms. The Balaban J connectivity index is 1.61. The van der Waals surface area contributed by atoms with Crippen LogP contribution in [0.1, 0.15) is 44.9 Å². The molecule has 1 aliphatic carbocycles. The van der Waals surface area contributed by atoms with Gasteiger partial charge in [0.15, 0.2) is 0 Å². The summed E-state index contributed by atoms with van der Waals surface area (Å²) in [6.07, 6.45) is 8.30. The molecule has 2 aliphatic heterocycles. The van der Waals surface area contributed by atoms with Gasteiger partial charge in [0.2, 0.25) is 0 Å². The van der Waals surface area contributed by atoms with Crippen molar-refractivity contribution in [1.29, 1.82) is 0 Å². The summed E-state index contributed by atoms with van der Waals surface area (Å²) in [6.45, 7) is 3.00. The van der Waals surface area contributed by atoms with Crippen LogP contribution in [0, 0.1) is 0 Å². The van der Waals surface area contributed by atoms with E-state index in [2.05, 4.69) is 4.90 Å². The summed E-state index contributed by atoms with van der Waals surface area (Å²) in [6, 6.07) is 0.670. The van der Waals surface area contributed by atoms with Crippen LogP contribution in [0.2, 0.25) is 0 Å². The van der Waals surface area contributed by atoms with E-state index in [4.69, 9.17) is 4.74 Å². The molecule has 0 amide bonds. The fourth-order valence-electron chi connectivity index (χ4n) is 3.55. The summed E-state index contributed by atoms with van der Waals surface area (Å²) >= 11 is 0. The first-order chi connectivity index (χ1) is 7.77. The van der Waals surface area contributed by atoms with E-state index in [1.807, 2.05) is 0 Å². The van der Waals surface area contributed by atoms with E-state index >= 15 is 0 Å².